The van der Waals surface area contributed by atoms with E-state index >= 15 is 0 Å². The smallest absolute Gasteiger partial charge is 0.340 e. The zero-order valence-corrected chi connectivity index (χ0v) is 13.7. The van der Waals surface area contributed by atoms with Gasteiger partial charge in [0.1, 0.15) is 28.9 Å². The summed E-state index contributed by atoms with van der Waals surface area (Å²) in [5.41, 5.74) is -0.316. The number of hydrogen-bond donors (Lipinski definition) is 3. The van der Waals surface area contributed by atoms with Crippen LogP contribution >= 0.6 is 11.3 Å². The number of H-pyrrole nitrogens is 2. The number of aromatic nitrogens is 6. The van der Waals surface area contributed by atoms with Crippen molar-refractivity contribution in [1.29, 1.82) is 5.26 Å². The van der Waals surface area contributed by atoms with Gasteiger partial charge in [0.25, 0.3) is 0 Å². The molecular formula is C14H13N9OS. The number of hydrogen-bond acceptors (Lipinski definition) is 9. The maximum atomic E-state index is 11.3. The van der Waals surface area contributed by atoms with Crippen molar-refractivity contribution in [3.8, 4) is 6.07 Å². The second-order valence-corrected chi connectivity index (χ2v) is 6.47. The molecule has 4 rings (SSSR count). The normalized spacial score (nSPS) is 16.8. The quantitative estimate of drug-likeness (QED) is 0.636. The van der Waals surface area contributed by atoms with Crippen molar-refractivity contribution in [1.82, 2.24) is 30.1 Å². The maximum absolute atomic E-state index is 11.3. The molecule has 1 atom stereocenters. The molecule has 1 saturated heterocycles. The fraction of sp³-hybridized carbons (Fsp3) is 0.286. The van der Waals surface area contributed by atoms with Gasteiger partial charge in [0, 0.05) is 12.6 Å². The minimum atomic E-state index is -0.316. The number of rotatable bonds is 4. The Labute approximate surface area is 145 Å². The molecule has 3 aromatic rings. The molecule has 0 saturated carbocycles. The zero-order valence-electron chi connectivity index (χ0n) is 12.9. The summed E-state index contributed by atoms with van der Waals surface area (Å²) in [6.45, 7) is 0.811. The monoisotopic (exact) mass is 355 g/mol. The fourth-order valence-electron chi connectivity index (χ4n) is 2.83. The van der Waals surface area contributed by atoms with Gasteiger partial charge in [0.05, 0.1) is 12.2 Å². The lowest BCUT2D eigenvalue weighted by molar-refractivity contribution is 0.663. The van der Waals surface area contributed by atoms with Crippen LogP contribution in [-0.2, 0) is 0 Å². The third-order valence-corrected chi connectivity index (χ3v) is 4.70. The van der Waals surface area contributed by atoms with Crippen LogP contribution in [0.15, 0.2) is 23.4 Å². The highest BCUT2D eigenvalue weighted by molar-refractivity contribution is 7.16. The maximum Gasteiger partial charge on any atom is 0.340 e. The van der Waals surface area contributed by atoms with Crippen molar-refractivity contribution in [3.05, 3.63) is 39.8 Å². The highest BCUT2D eigenvalue weighted by Crippen LogP contribution is 2.34. The van der Waals surface area contributed by atoms with Gasteiger partial charge < -0.3 is 10.2 Å². The van der Waals surface area contributed by atoms with E-state index < -0.39 is 0 Å². The van der Waals surface area contributed by atoms with Gasteiger partial charge in [-0.25, -0.2) is 24.8 Å². The molecule has 4 heterocycles. The summed E-state index contributed by atoms with van der Waals surface area (Å²) < 4.78 is 0. The summed E-state index contributed by atoms with van der Waals surface area (Å²) in [6, 6.07) is 3.83. The molecule has 11 heteroatoms. The second kappa shape index (κ2) is 6.33. The molecule has 0 bridgehead atoms. The molecule has 0 amide bonds. The summed E-state index contributed by atoms with van der Waals surface area (Å²) >= 11 is 1.25. The molecule has 10 nitrogen and oxygen atoms in total. The number of nitriles is 1. The number of nitrogens with one attached hydrogen (secondary N) is 3. The van der Waals surface area contributed by atoms with Crippen LogP contribution in [0.25, 0.3) is 0 Å². The lowest BCUT2D eigenvalue weighted by Crippen LogP contribution is -2.25. The summed E-state index contributed by atoms with van der Waals surface area (Å²) in [7, 11) is 0. The van der Waals surface area contributed by atoms with Gasteiger partial charge in [0.2, 0.25) is 0 Å². The number of thiazole rings is 1. The first kappa shape index (κ1) is 15.3. The SMILES string of the molecule is N#Cc1cnc(Nc2cc(N3CCCC3c3n[nH]c(=O)[nH]3)ncn2)s1. The Balaban J connectivity index is 1.58. The molecule has 3 N–H and O–H groups in total. The van der Waals surface area contributed by atoms with Crippen molar-refractivity contribution < 1.29 is 0 Å². The lowest BCUT2D eigenvalue weighted by atomic mass is 10.2. The van der Waals surface area contributed by atoms with Gasteiger partial charge in [-0.15, -0.1) is 0 Å². The average Bonchev–Trinajstić information content (AvgIpc) is 3.35. The summed E-state index contributed by atoms with van der Waals surface area (Å²) in [6.07, 6.45) is 4.84. The van der Waals surface area contributed by atoms with E-state index in [-0.39, 0.29) is 11.7 Å². The first-order valence-electron chi connectivity index (χ1n) is 7.59. The predicted molar refractivity (Wildman–Crippen MR) is 90.7 cm³/mol. The number of nitrogens with zero attached hydrogens (tertiary/aromatic N) is 6. The highest BCUT2D eigenvalue weighted by atomic mass is 32.1. The van der Waals surface area contributed by atoms with Gasteiger partial charge in [-0.2, -0.15) is 10.4 Å². The molecule has 0 aromatic carbocycles. The van der Waals surface area contributed by atoms with Crippen LogP contribution in [0.5, 0.6) is 0 Å². The molecule has 1 aliphatic heterocycles. The first-order chi connectivity index (χ1) is 12.2. The Bertz CT molecular complexity index is 984. The number of aromatic amines is 2. The van der Waals surface area contributed by atoms with Crippen LogP contribution in [0.2, 0.25) is 0 Å². The zero-order chi connectivity index (χ0) is 17.2. The molecule has 3 aromatic heterocycles. The summed E-state index contributed by atoms with van der Waals surface area (Å²) in [5.74, 6) is 1.93. The van der Waals surface area contributed by atoms with Crippen LogP contribution in [0, 0.1) is 11.3 Å². The molecular weight excluding hydrogens is 342 g/mol. The van der Waals surface area contributed by atoms with E-state index in [4.69, 9.17) is 5.26 Å². The molecule has 1 fully saturated rings. The van der Waals surface area contributed by atoms with Gasteiger partial charge in [-0.3, -0.25) is 4.98 Å². The highest BCUT2D eigenvalue weighted by Gasteiger charge is 2.29. The standard InChI is InChI=1S/C14H13N9OS/c15-5-8-6-16-14(25-8)19-10-4-11(18-7-17-10)23-3-1-2-9(23)12-20-13(24)22-21-12/h4,6-7,9H,1-3H2,(H,16,17,18,19)(H2,20,21,22,24). The van der Waals surface area contributed by atoms with Crippen molar-refractivity contribution in [3.63, 3.8) is 0 Å². The topological polar surface area (TPSA) is 139 Å². The van der Waals surface area contributed by atoms with Gasteiger partial charge in [-0.1, -0.05) is 11.3 Å². The molecule has 25 heavy (non-hydrogen) atoms. The molecule has 0 aliphatic carbocycles. The van der Waals surface area contributed by atoms with Crippen LogP contribution in [-0.4, -0.2) is 36.7 Å². The Hall–Kier alpha value is -3.26. The summed E-state index contributed by atoms with van der Waals surface area (Å²) in [4.78, 5) is 29.3. The first-order valence-corrected chi connectivity index (χ1v) is 8.41. The van der Waals surface area contributed by atoms with Crippen molar-refractivity contribution in [2.75, 3.05) is 16.8 Å². The van der Waals surface area contributed by atoms with E-state index in [2.05, 4.69) is 46.4 Å². The van der Waals surface area contributed by atoms with Crippen molar-refractivity contribution in [2.45, 2.75) is 18.9 Å². The molecule has 0 radical (unpaired) electrons. The van der Waals surface area contributed by atoms with Crippen LogP contribution in [0.1, 0.15) is 29.6 Å². The molecule has 1 aliphatic rings. The van der Waals surface area contributed by atoms with Gasteiger partial charge in [-0.05, 0) is 12.8 Å². The largest absolute Gasteiger partial charge is 0.346 e. The van der Waals surface area contributed by atoms with Crippen LogP contribution in [0.3, 0.4) is 0 Å². The lowest BCUT2D eigenvalue weighted by Gasteiger charge is -2.23. The Morgan fingerprint density at radius 1 is 1.40 bits per heavy atom. The van der Waals surface area contributed by atoms with E-state index in [9.17, 15) is 4.79 Å². The predicted octanol–water partition coefficient (Wildman–Crippen LogP) is 1.30. The minimum absolute atomic E-state index is 0.0354. The number of anilines is 3. The Kier molecular flexibility index (Phi) is 3.87. The van der Waals surface area contributed by atoms with Gasteiger partial charge >= 0.3 is 5.69 Å². The molecule has 126 valence electrons. The van der Waals surface area contributed by atoms with Crippen LogP contribution < -0.4 is 15.9 Å². The second-order valence-electron chi connectivity index (χ2n) is 5.44. The Morgan fingerprint density at radius 3 is 3.08 bits per heavy atom. The molecule has 1 unspecified atom stereocenters. The average molecular weight is 355 g/mol. The third kappa shape index (κ3) is 3.07. The Morgan fingerprint density at radius 2 is 2.32 bits per heavy atom. The fourth-order valence-corrected chi connectivity index (χ4v) is 3.45. The van der Waals surface area contributed by atoms with E-state index in [0.29, 0.717) is 21.7 Å². The van der Waals surface area contributed by atoms with Crippen molar-refractivity contribution in [2.24, 2.45) is 0 Å². The van der Waals surface area contributed by atoms with E-state index in [0.717, 1.165) is 25.2 Å². The van der Waals surface area contributed by atoms with E-state index in [1.807, 2.05) is 6.07 Å². The minimum Gasteiger partial charge on any atom is -0.346 e. The van der Waals surface area contributed by atoms with Crippen LogP contribution in [0.4, 0.5) is 16.8 Å². The van der Waals surface area contributed by atoms with E-state index in [1.54, 1.807) is 0 Å². The van der Waals surface area contributed by atoms with Gasteiger partial charge in [0.15, 0.2) is 11.0 Å². The summed E-state index contributed by atoms with van der Waals surface area (Å²) in [5, 5.41) is 19.0. The van der Waals surface area contributed by atoms with E-state index in [1.165, 1.54) is 23.9 Å². The molecule has 0 spiro atoms. The van der Waals surface area contributed by atoms with Crippen molar-refractivity contribution >= 4 is 28.1 Å². The third-order valence-electron chi connectivity index (χ3n) is 3.89.